The molecule has 0 atom stereocenters. The molecule has 0 aliphatic carbocycles. The van der Waals surface area contributed by atoms with Gasteiger partial charge in [0.05, 0.1) is 0 Å². The zero-order chi connectivity index (χ0) is 11.1. The number of nitrogens with zero attached hydrogens (tertiary/aromatic N) is 3. The van der Waals surface area contributed by atoms with Gasteiger partial charge in [-0.1, -0.05) is 6.07 Å². The largest absolute Gasteiger partial charge is 0.384 e. The lowest BCUT2D eigenvalue weighted by atomic mass is 10.4. The zero-order valence-electron chi connectivity index (χ0n) is 8.08. The molecule has 80 valence electrons. The van der Waals surface area contributed by atoms with E-state index >= 15 is 0 Å². The van der Waals surface area contributed by atoms with E-state index < -0.39 is 9.84 Å². The van der Waals surface area contributed by atoms with E-state index in [-0.39, 0.29) is 11.6 Å². The maximum absolute atomic E-state index is 11.0. The van der Waals surface area contributed by atoms with Crippen LogP contribution in [0.25, 0.3) is 5.65 Å². The van der Waals surface area contributed by atoms with Gasteiger partial charge in [-0.15, -0.1) is 5.10 Å². The molecule has 2 heterocycles. The molecule has 0 aliphatic heterocycles. The van der Waals surface area contributed by atoms with Crippen molar-refractivity contribution in [1.82, 2.24) is 14.6 Å². The summed E-state index contributed by atoms with van der Waals surface area (Å²) in [6, 6.07) is 5.13. The van der Waals surface area contributed by atoms with E-state index in [0.29, 0.717) is 11.5 Å². The maximum Gasteiger partial charge on any atom is 0.166 e. The van der Waals surface area contributed by atoms with Crippen LogP contribution in [0.5, 0.6) is 0 Å². The molecular weight excluding hydrogens is 216 g/mol. The van der Waals surface area contributed by atoms with E-state index in [1.54, 1.807) is 18.2 Å². The molecule has 2 aromatic heterocycles. The quantitative estimate of drug-likeness (QED) is 0.769. The average Bonchev–Trinajstić information content (AvgIpc) is 2.45. The predicted octanol–water partition coefficient (Wildman–Crippen LogP) is -0.144. The predicted molar refractivity (Wildman–Crippen MR) is 55.9 cm³/mol. The van der Waals surface area contributed by atoms with Gasteiger partial charge in [-0.05, 0) is 12.1 Å². The van der Waals surface area contributed by atoms with E-state index in [2.05, 4.69) is 10.1 Å². The lowest BCUT2D eigenvalue weighted by Crippen LogP contribution is -2.03. The Balaban J connectivity index is 2.53. The summed E-state index contributed by atoms with van der Waals surface area (Å²) < 4.78 is 23.5. The zero-order valence-corrected chi connectivity index (χ0v) is 8.90. The van der Waals surface area contributed by atoms with Gasteiger partial charge in [0.15, 0.2) is 21.3 Å². The molecule has 0 amide bonds. The van der Waals surface area contributed by atoms with Crippen molar-refractivity contribution in [1.29, 1.82) is 0 Å². The number of nitrogens with two attached hydrogens (primary N) is 1. The van der Waals surface area contributed by atoms with Gasteiger partial charge in [-0.3, -0.25) is 0 Å². The summed E-state index contributed by atoms with van der Waals surface area (Å²) >= 11 is 0. The number of aromatic nitrogens is 3. The first-order valence-electron chi connectivity index (χ1n) is 4.23. The molecule has 2 N–H and O–H groups in total. The standard InChI is InChI=1S/C8H10N4O2S/c1-15(13,14)5-7-10-8-4-2-3-6(9)12(8)11-7/h2-4H,5,9H2,1H3. The third-order valence-electron chi connectivity index (χ3n) is 1.82. The number of rotatable bonds is 2. The van der Waals surface area contributed by atoms with Gasteiger partial charge in [0.25, 0.3) is 0 Å². The number of hydrogen-bond donors (Lipinski definition) is 1. The van der Waals surface area contributed by atoms with Crippen molar-refractivity contribution in [2.75, 3.05) is 12.0 Å². The molecule has 0 spiro atoms. The highest BCUT2D eigenvalue weighted by Gasteiger charge is 2.10. The number of fused-ring (bicyclic) bond motifs is 1. The van der Waals surface area contributed by atoms with Crippen molar-refractivity contribution in [3.8, 4) is 0 Å². The van der Waals surface area contributed by atoms with Crippen LogP contribution in [0.1, 0.15) is 5.82 Å². The molecule has 0 bridgehead atoms. The molecule has 0 aliphatic rings. The number of hydrogen-bond acceptors (Lipinski definition) is 5. The fraction of sp³-hybridized carbons (Fsp3) is 0.250. The van der Waals surface area contributed by atoms with Crippen LogP contribution in [0.15, 0.2) is 18.2 Å². The van der Waals surface area contributed by atoms with Crippen molar-refractivity contribution < 1.29 is 8.42 Å². The Morgan fingerprint density at radius 1 is 1.47 bits per heavy atom. The Kier molecular flexibility index (Phi) is 2.11. The molecule has 7 heteroatoms. The molecule has 0 saturated carbocycles. The van der Waals surface area contributed by atoms with Crippen LogP contribution in [0.2, 0.25) is 0 Å². The van der Waals surface area contributed by atoms with Gasteiger partial charge in [0.1, 0.15) is 11.6 Å². The molecule has 0 aromatic carbocycles. The minimum atomic E-state index is -3.12. The monoisotopic (exact) mass is 226 g/mol. The van der Waals surface area contributed by atoms with Gasteiger partial charge in [0.2, 0.25) is 0 Å². The minimum absolute atomic E-state index is 0.173. The Bertz CT molecular complexity index is 602. The minimum Gasteiger partial charge on any atom is -0.384 e. The molecule has 15 heavy (non-hydrogen) atoms. The summed E-state index contributed by atoms with van der Waals surface area (Å²) in [4.78, 5) is 4.05. The van der Waals surface area contributed by atoms with Crippen LogP contribution in [-0.4, -0.2) is 29.3 Å². The molecule has 0 fully saturated rings. The van der Waals surface area contributed by atoms with Gasteiger partial charge < -0.3 is 5.73 Å². The number of anilines is 1. The Morgan fingerprint density at radius 2 is 2.20 bits per heavy atom. The Hall–Kier alpha value is -1.63. The number of pyridine rings is 1. The highest BCUT2D eigenvalue weighted by molar-refractivity contribution is 7.89. The second-order valence-electron chi connectivity index (χ2n) is 3.32. The van der Waals surface area contributed by atoms with Crippen molar-refractivity contribution in [2.24, 2.45) is 0 Å². The summed E-state index contributed by atoms with van der Waals surface area (Å²) in [6.45, 7) is 0. The van der Waals surface area contributed by atoms with Crippen LogP contribution < -0.4 is 5.73 Å². The van der Waals surface area contributed by atoms with Gasteiger partial charge >= 0.3 is 0 Å². The van der Waals surface area contributed by atoms with Crippen LogP contribution in [-0.2, 0) is 15.6 Å². The second-order valence-corrected chi connectivity index (χ2v) is 5.46. The molecule has 0 radical (unpaired) electrons. The first-order valence-corrected chi connectivity index (χ1v) is 6.30. The third-order valence-corrected chi connectivity index (χ3v) is 2.61. The van der Waals surface area contributed by atoms with Crippen molar-refractivity contribution in [3.05, 3.63) is 24.0 Å². The summed E-state index contributed by atoms with van der Waals surface area (Å²) in [7, 11) is -3.12. The topological polar surface area (TPSA) is 90.3 Å². The first kappa shape index (κ1) is 9.91. The van der Waals surface area contributed by atoms with E-state index in [4.69, 9.17) is 5.73 Å². The fourth-order valence-corrected chi connectivity index (χ4v) is 1.86. The van der Waals surface area contributed by atoms with Crippen LogP contribution in [0.3, 0.4) is 0 Å². The maximum atomic E-state index is 11.0. The van der Waals surface area contributed by atoms with Crippen molar-refractivity contribution in [2.45, 2.75) is 5.75 Å². The molecule has 6 nitrogen and oxygen atoms in total. The Labute approximate surface area is 86.7 Å². The first-order chi connectivity index (χ1) is 6.96. The van der Waals surface area contributed by atoms with Gasteiger partial charge in [-0.25, -0.2) is 13.4 Å². The number of sulfone groups is 1. The normalized spacial score (nSPS) is 12.1. The van der Waals surface area contributed by atoms with E-state index in [1.165, 1.54) is 4.52 Å². The average molecular weight is 226 g/mol. The van der Waals surface area contributed by atoms with E-state index in [9.17, 15) is 8.42 Å². The Morgan fingerprint density at radius 3 is 2.80 bits per heavy atom. The second kappa shape index (κ2) is 3.20. The smallest absolute Gasteiger partial charge is 0.166 e. The lowest BCUT2D eigenvalue weighted by Gasteiger charge is -1.94. The van der Waals surface area contributed by atoms with Crippen LogP contribution in [0, 0.1) is 0 Å². The number of nitrogen functional groups attached to an aromatic ring is 1. The van der Waals surface area contributed by atoms with Crippen LogP contribution >= 0.6 is 0 Å². The molecular formula is C8H10N4O2S. The SMILES string of the molecule is CS(=O)(=O)Cc1nc2cccc(N)n2n1. The summed E-state index contributed by atoms with van der Waals surface area (Å²) in [5, 5.41) is 4.00. The highest BCUT2D eigenvalue weighted by Crippen LogP contribution is 2.08. The van der Waals surface area contributed by atoms with E-state index in [0.717, 1.165) is 6.26 Å². The van der Waals surface area contributed by atoms with Crippen LogP contribution in [0.4, 0.5) is 5.82 Å². The van der Waals surface area contributed by atoms with Crippen molar-refractivity contribution >= 4 is 21.3 Å². The lowest BCUT2D eigenvalue weighted by molar-refractivity contribution is 0.599. The molecule has 2 rings (SSSR count). The fourth-order valence-electron chi connectivity index (χ4n) is 1.27. The molecule has 0 unspecified atom stereocenters. The van der Waals surface area contributed by atoms with Gasteiger partial charge in [0, 0.05) is 6.26 Å². The summed E-state index contributed by atoms with van der Waals surface area (Å²) in [5.41, 5.74) is 6.19. The third kappa shape index (κ3) is 2.07. The van der Waals surface area contributed by atoms with E-state index in [1.807, 2.05) is 0 Å². The summed E-state index contributed by atoms with van der Waals surface area (Å²) in [5.74, 6) is 0.517. The van der Waals surface area contributed by atoms with Crippen molar-refractivity contribution in [3.63, 3.8) is 0 Å². The molecule has 2 aromatic rings. The van der Waals surface area contributed by atoms with Gasteiger partial charge in [-0.2, -0.15) is 4.52 Å². The highest BCUT2D eigenvalue weighted by atomic mass is 32.2. The summed E-state index contributed by atoms with van der Waals surface area (Å²) in [6.07, 6.45) is 1.14. The molecule has 0 saturated heterocycles.